The quantitative estimate of drug-likeness (QED) is 0.866. The van der Waals surface area contributed by atoms with E-state index in [1.54, 1.807) is 0 Å². The molecule has 1 unspecified atom stereocenters. The summed E-state index contributed by atoms with van der Waals surface area (Å²) in [7, 11) is 0. The van der Waals surface area contributed by atoms with E-state index in [0.717, 1.165) is 29.3 Å². The highest BCUT2D eigenvalue weighted by Crippen LogP contribution is 2.38. The van der Waals surface area contributed by atoms with Crippen molar-refractivity contribution in [1.29, 1.82) is 0 Å². The minimum atomic E-state index is -0.691. The molecular weight excluding hydrogens is 254 g/mol. The second kappa shape index (κ2) is 4.24. The summed E-state index contributed by atoms with van der Waals surface area (Å²) in [6.45, 7) is 0.534. The smallest absolute Gasteiger partial charge is 0.0911 e. The van der Waals surface area contributed by atoms with Crippen LogP contribution in [-0.2, 0) is 12.0 Å². The molecule has 2 nitrogen and oxygen atoms in total. The van der Waals surface area contributed by atoms with E-state index < -0.39 is 5.60 Å². The van der Waals surface area contributed by atoms with Crippen LogP contribution < -0.4 is 5.73 Å². The maximum absolute atomic E-state index is 10.5. The molecule has 1 atom stereocenters. The van der Waals surface area contributed by atoms with E-state index in [9.17, 15) is 5.11 Å². The fourth-order valence-electron chi connectivity index (χ4n) is 2.43. The molecule has 0 fully saturated rings. The summed E-state index contributed by atoms with van der Waals surface area (Å²) in [5.41, 5.74) is 7.20. The average Bonchev–Trinajstić information content (AvgIpc) is 2.17. The average molecular weight is 270 g/mol. The zero-order valence-electron chi connectivity index (χ0n) is 8.67. The fourth-order valence-corrected chi connectivity index (χ4v) is 2.84. The minimum absolute atomic E-state index is 0.534. The van der Waals surface area contributed by atoms with E-state index in [1.165, 1.54) is 5.56 Å². The molecule has 15 heavy (non-hydrogen) atoms. The van der Waals surface area contributed by atoms with Gasteiger partial charge in [-0.3, -0.25) is 0 Å². The van der Waals surface area contributed by atoms with Gasteiger partial charge >= 0.3 is 0 Å². The lowest BCUT2D eigenvalue weighted by Gasteiger charge is -2.34. The largest absolute Gasteiger partial charge is 0.385 e. The zero-order chi connectivity index (χ0) is 10.9. The minimum Gasteiger partial charge on any atom is -0.385 e. The monoisotopic (exact) mass is 269 g/mol. The molecule has 1 aromatic carbocycles. The summed E-state index contributed by atoms with van der Waals surface area (Å²) >= 11 is 3.46. The van der Waals surface area contributed by atoms with Gasteiger partial charge in [0, 0.05) is 4.47 Å². The molecule has 3 N–H and O–H groups in total. The van der Waals surface area contributed by atoms with Crippen LogP contribution in [0.3, 0.4) is 0 Å². The summed E-state index contributed by atoms with van der Waals surface area (Å²) < 4.78 is 1.08. The van der Waals surface area contributed by atoms with Gasteiger partial charge in [-0.05, 0) is 55.5 Å². The van der Waals surface area contributed by atoms with Crippen molar-refractivity contribution in [2.75, 3.05) is 6.54 Å². The molecule has 0 radical (unpaired) electrons. The normalized spacial score (nSPS) is 25.0. The Kier molecular flexibility index (Phi) is 3.14. The Morgan fingerprint density at radius 3 is 3.00 bits per heavy atom. The van der Waals surface area contributed by atoms with Crippen LogP contribution in [0.15, 0.2) is 22.7 Å². The highest BCUT2D eigenvalue weighted by atomic mass is 79.9. The lowest BCUT2D eigenvalue weighted by molar-refractivity contribution is 0.0125. The van der Waals surface area contributed by atoms with E-state index in [0.29, 0.717) is 13.0 Å². The molecule has 2 rings (SSSR count). The third kappa shape index (κ3) is 2.10. The van der Waals surface area contributed by atoms with Crippen molar-refractivity contribution in [3.63, 3.8) is 0 Å². The Hall–Kier alpha value is -0.380. The number of hydrogen-bond acceptors (Lipinski definition) is 2. The van der Waals surface area contributed by atoms with Crippen LogP contribution in [-0.4, -0.2) is 11.7 Å². The van der Waals surface area contributed by atoms with E-state index in [2.05, 4.69) is 22.0 Å². The summed E-state index contributed by atoms with van der Waals surface area (Å²) in [4.78, 5) is 0. The maximum atomic E-state index is 10.5. The molecule has 1 aromatic rings. The summed E-state index contributed by atoms with van der Waals surface area (Å²) in [5, 5.41) is 10.5. The Balaban J connectivity index is 2.42. The van der Waals surface area contributed by atoms with Crippen LogP contribution in [0.25, 0.3) is 0 Å². The number of nitrogens with two attached hydrogens (primary N) is 1. The maximum Gasteiger partial charge on any atom is 0.0911 e. The Morgan fingerprint density at radius 2 is 2.27 bits per heavy atom. The van der Waals surface area contributed by atoms with Crippen LogP contribution in [0.4, 0.5) is 0 Å². The van der Waals surface area contributed by atoms with Crippen molar-refractivity contribution in [2.24, 2.45) is 5.73 Å². The number of halogens is 1. The molecule has 0 spiro atoms. The first-order valence-corrected chi connectivity index (χ1v) is 6.16. The lowest BCUT2D eigenvalue weighted by atomic mass is 9.77. The van der Waals surface area contributed by atoms with E-state index in [1.807, 2.05) is 12.1 Å². The van der Waals surface area contributed by atoms with Crippen molar-refractivity contribution in [3.05, 3.63) is 33.8 Å². The van der Waals surface area contributed by atoms with Crippen LogP contribution in [0, 0.1) is 0 Å². The first-order chi connectivity index (χ1) is 7.15. The molecule has 82 valence electrons. The predicted molar refractivity (Wildman–Crippen MR) is 64.6 cm³/mol. The van der Waals surface area contributed by atoms with Crippen molar-refractivity contribution in [2.45, 2.75) is 31.3 Å². The molecular formula is C12H16BrNO. The first kappa shape index (κ1) is 11.1. The van der Waals surface area contributed by atoms with Gasteiger partial charge in [0.2, 0.25) is 0 Å². The van der Waals surface area contributed by atoms with Crippen molar-refractivity contribution < 1.29 is 5.11 Å². The summed E-state index contributed by atoms with van der Waals surface area (Å²) in [6, 6.07) is 6.12. The fraction of sp³-hybridized carbons (Fsp3) is 0.500. The van der Waals surface area contributed by atoms with Gasteiger partial charge in [0.05, 0.1) is 5.60 Å². The number of rotatable bonds is 2. The number of hydrogen-bond donors (Lipinski definition) is 2. The molecule has 1 aliphatic rings. The predicted octanol–water partition coefficient (Wildman–Crippen LogP) is 2.32. The van der Waals surface area contributed by atoms with E-state index in [4.69, 9.17) is 5.73 Å². The van der Waals surface area contributed by atoms with E-state index >= 15 is 0 Å². The Morgan fingerprint density at radius 1 is 1.47 bits per heavy atom. The number of aliphatic hydroxyl groups is 1. The Labute approximate surface area is 98.6 Å². The topological polar surface area (TPSA) is 46.2 Å². The number of benzene rings is 1. The van der Waals surface area contributed by atoms with Crippen LogP contribution in [0.2, 0.25) is 0 Å². The first-order valence-electron chi connectivity index (χ1n) is 5.37. The van der Waals surface area contributed by atoms with Crippen LogP contribution in [0.1, 0.15) is 30.4 Å². The van der Waals surface area contributed by atoms with Gasteiger partial charge in [-0.2, -0.15) is 0 Å². The molecule has 0 aromatic heterocycles. The summed E-state index contributed by atoms with van der Waals surface area (Å²) in [5.74, 6) is 0. The molecule has 0 aliphatic heterocycles. The standard InChI is InChI=1S/C12H16BrNO/c13-10-3-4-11-9(8-10)2-1-5-12(11,15)6-7-14/h3-4,8,15H,1-2,5-7,14H2. The number of aryl methyl sites for hydroxylation is 1. The Bertz CT molecular complexity index is 367. The van der Waals surface area contributed by atoms with Gasteiger partial charge in [0.25, 0.3) is 0 Å². The van der Waals surface area contributed by atoms with E-state index in [-0.39, 0.29) is 0 Å². The highest BCUT2D eigenvalue weighted by Gasteiger charge is 2.33. The van der Waals surface area contributed by atoms with Gasteiger partial charge in [0.1, 0.15) is 0 Å². The molecule has 3 heteroatoms. The zero-order valence-corrected chi connectivity index (χ0v) is 10.3. The van der Waals surface area contributed by atoms with Gasteiger partial charge in [0.15, 0.2) is 0 Å². The second-order valence-electron chi connectivity index (χ2n) is 4.23. The highest BCUT2D eigenvalue weighted by molar-refractivity contribution is 9.10. The van der Waals surface area contributed by atoms with Crippen molar-refractivity contribution in [1.82, 2.24) is 0 Å². The number of fused-ring (bicyclic) bond motifs is 1. The molecule has 0 heterocycles. The van der Waals surface area contributed by atoms with Crippen LogP contribution >= 0.6 is 15.9 Å². The van der Waals surface area contributed by atoms with Gasteiger partial charge in [-0.25, -0.2) is 0 Å². The molecule has 0 saturated carbocycles. The molecule has 0 bridgehead atoms. The molecule has 1 aliphatic carbocycles. The molecule has 0 amide bonds. The third-order valence-electron chi connectivity index (χ3n) is 3.16. The molecule has 0 saturated heterocycles. The van der Waals surface area contributed by atoms with Crippen LogP contribution in [0.5, 0.6) is 0 Å². The summed E-state index contributed by atoms with van der Waals surface area (Å²) in [6.07, 6.45) is 3.59. The van der Waals surface area contributed by atoms with Gasteiger partial charge in [-0.1, -0.05) is 22.0 Å². The van der Waals surface area contributed by atoms with Gasteiger partial charge < -0.3 is 10.8 Å². The van der Waals surface area contributed by atoms with Gasteiger partial charge in [-0.15, -0.1) is 0 Å². The second-order valence-corrected chi connectivity index (χ2v) is 5.14. The SMILES string of the molecule is NCCC1(O)CCCc2cc(Br)ccc21. The third-order valence-corrected chi connectivity index (χ3v) is 3.66. The van der Waals surface area contributed by atoms with Crippen molar-refractivity contribution in [3.8, 4) is 0 Å². The lowest BCUT2D eigenvalue weighted by Crippen LogP contribution is -2.33. The van der Waals surface area contributed by atoms with Crippen molar-refractivity contribution >= 4 is 15.9 Å².